The van der Waals surface area contributed by atoms with Crippen molar-refractivity contribution in [1.29, 1.82) is 0 Å². The van der Waals surface area contributed by atoms with Gasteiger partial charge in [-0.2, -0.15) is 0 Å². The topological polar surface area (TPSA) is 29.3 Å². The first-order valence-electron chi connectivity index (χ1n) is 7.08. The van der Waals surface area contributed by atoms with Crippen molar-refractivity contribution in [2.75, 3.05) is 13.1 Å². The summed E-state index contributed by atoms with van der Waals surface area (Å²) in [5, 5.41) is 0.482. The molecule has 1 aromatic rings. The average molecular weight is 285 g/mol. The van der Waals surface area contributed by atoms with Gasteiger partial charge in [-0.25, -0.2) is 4.39 Å². The molecule has 0 bridgehead atoms. The maximum Gasteiger partial charge on any atom is 0.124 e. The highest BCUT2D eigenvalue weighted by Crippen LogP contribution is 2.33. The van der Waals surface area contributed by atoms with E-state index in [1.54, 1.807) is 6.07 Å². The van der Waals surface area contributed by atoms with Crippen molar-refractivity contribution in [3.8, 4) is 0 Å². The van der Waals surface area contributed by atoms with Crippen molar-refractivity contribution < 1.29 is 4.39 Å². The molecule has 1 heterocycles. The molecule has 0 aromatic heterocycles. The highest BCUT2D eigenvalue weighted by molar-refractivity contribution is 6.31. The lowest BCUT2D eigenvalue weighted by Gasteiger charge is -2.41. The Labute approximate surface area is 119 Å². The number of rotatable bonds is 4. The van der Waals surface area contributed by atoms with Crippen LogP contribution in [0.1, 0.15) is 44.2 Å². The minimum atomic E-state index is -0.296. The third-order valence-corrected chi connectivity index (χ3v) is 4.42. The molecule has 1 aliphatic heterocycles. The Kier molecular flexibility index (Phi) is 5.20. The molecule has 2 atom stereocenters. The minimum absolute atomic E-state index is 0.0957. The molecule has 0 saturated carbocycles. The van der Waals surface area contributed by atoms with Crippen LogP contribution in [-0.2, 0) is 0 Å². The van der Waals surface area contributed by atoms with E-state index in [0.29, 0.717) is 17.6 Å². The van der Waals surface area contributed by atoms with Crippen LogP contribution in [0.4, 0.5) is 4.39 Å². The molecule has 4 heteroatoms. The van der Waals surface area contributed by atoms with Gasteiger partial charge >= 0.3 is 0 Å². The van der Waals surface area contributed by atoms with E-state index < -0.39 is 0 Å². The molecule has 0 radical (unpaired) electrons. The molecule has 106 valence electrons. The number of halogens is 2. The predicted molar refractivity (Wildman–Crippen MR) is 77.8 cm³/mol. The molecule has 1 saturated heterocycles. The first-order chi connectivity index (χ1) is 9.17. The largest absolute Gasteiger partial charge is 0.329 e. The fraction of sp³-hybridized carbons (Fsp3) is 0.600. The summed E-state index contributed by atoms with van der Waals surface area (Å²) in [5.74, 6) is -0.296. The molecule has 0 aliphatic carbocycles. The number of likely N-dealkylation sites (tertiary alicyclic amines) is 1. The maximum absolute atomic E-state index is 13.2. The Morgan fingerprint density at radius 3 is 2.89 bits per heavy atom. The zero-order chi connectivity index (χ0) is 13.8. The van der Waals surface area contributed by atoms with Gasteiger partial charge in [0.25, 0.3) is 0 Å². The summed E-state index contributed by atoms with van der Waals surface area (Å²) in [6.07, 6.45) is 4.82. The van der Waals surface area contributed by atoms with Gasteiger partial charge in [-0.3, -0.25) is 4.90 Å². The molecule has 2 N–H and O–H groups in total. The van der Waals surface area contributed by atoms with Gasteiger partial charge < -0.3 is 5.73 Å². The Bertz CT molecular complexity index is 425. The Morgan fingerprint density at radius 2 is 2.26 bits per heavy atom. The van der Waals surface area contributed by atoms with E-state index in [9.17, 15) is 4.39 Å². The lowest BCUT2D eigenvalue weighted by molar-refractivity contribution is 0.0949. The van der Waals surface area contributed by atoms with Gasteiger partial charge in [0, 0.05) is 23.7 Å². The molecular formula is C15H22ClFN2. The second kappa shape index (κ2) is 6.69. The van der Waals surface area contributed by atoms with Crippen LogP contribution in [0.3, 0.4) is 0 Å². The van der Waals surface area contributed by atoms with Crippen LogP contribution < -0.4 is 5.73 Å². The molecule has 19 heavy (non-hydrogen) atoms. The third-order valence-electron chi connectivity index (χ3n) is 4.09. The van der Waals surface area contributed by atoms with Crippen LogP contribution >= 0.6 is 11.6 Å². The number of benzene rings is 1. The molecule has 2 unspecified atom stereocenters. The molecule has 2 rings (SSSR count). The number of hydrogen-bond acceptors (Lipinski definition) is 2. The zero-order valence-electron chi connectivity index (χ0n) is 11.4. The van der Waals surface area contributed by atoms with Gasteiger partial charge in [0.15, 0.2) is 0 Å². The van der Waals surface area contributed by atoms with Crippen LogP contribution in [0, 0.1) is 5.82 Å². The highest BCUT2D eigenvalue weighted by Gasteiger charge is 2.29. The van der Waals surface area contributed by atoms with Crippen molar-refractivity contribution in [2.45, 2.75) is 44.7 Å². The Hall–Kier alpha value is -0.640. The molecule has 1 aromatic carbocycles. The molecule has 2 nitrogen and oxygen atoms in total. The average Bonchev–Trinajstić information content (AvgIpc) is 2.42. The predicted octanol–water partition coefficient (Wildman–Crippen LogP) is 3.74. The molecule has 1 fully saturated rings. The van der Waals surface area contributed by atoms with Gasteiger partial charge in [-0.1, -0.05) is 31.0 Å². The summed E-state index contributed by atoms with van der Waals surface area (Å²) in [6, 6.07) is 5.28. The van der Waals surface area contributed by atoms with Crippen molar-refractivity contribution in [3.05, 3.63) is 34.6 Å². The molecule has 1 aliphatic rings. The lowest BCUT2D eigenvalue weighted by atomic mass is 9.95. The third kappa shape index (κ3) is 3.28. The van der Waals surface area contributed by atoms with Crippen LogP contribution in [-0.4, -0.2) is 24.0 Å². The van der Waals surface area contributed by atoms with Crippen LogP contribution in [0.15, 0.2) is 18.2 Å². The number of nitrogens with zero attached hydrogens (tertiary/aromatic N) is 1. The fourth-order valence-electron chi connectivity index (χ4n) is 3.08. The summed E-state index contributed by atoms with van der Waals surface area (Å²) >= 11 is 6.19. The SMILES string of the molecule is CCC1CCCCN1C(CN)c1ccc(F)cc1Cl. The van der Waals surface area contributed by atoms with Crippen molar-refractivity contribution in [3.63, 3.8) is 0 Å². The number of piperidine rings is 1. The second-order valence-electron chi connectivity index (χ2n) is 5.21. The Morgan fingerprint density at radius 1 is 1.47 bits per heavy atom. The van der Waals surface area contributed by atoms with E-state index >= 15 is 0 Å². The summed E-state index contributed by atoms with van der Waals surface area (Å²) < 4.78 is 13.2. The van der Waals surface area contributed by atoms with Crippen molar-refractivity contribution in [1.82, 2.24) is 4.90 Å². The van der Waals surface area contributed by atoms with Crippen LogP contribution in [0.25, 0.3) is 0 Å². The second-order valence-corrected chi connectivity index (χ2v) is 5.62. The van der Waals surface area contributed by atoms with Crippen LogP contribution in [0.2, 0.25) is 5.02 Å². The van der Waals surface area contributed by atoms with Gasteiger partial charge in [0.1, 0.15) is 5.82 Å². The van der Waals surface area contributed by atoms with E-state index in [0.717, 1.165) is 18.5 Å². The first kappa shape index (κ1) is 14.8. The summed E-state index contributed by atoms with van der Waals surface area (Å²) in [6.45, 7) is 3.78. The molecule has 0 amide bonds. The molecular weight excluding hydrogens is 263 g/mol. The standard InChI is InChI=1S/C15H22ClFN2/c1-2-12-5-3-4-8-19(12)15(10-18)13-7-6-11(17)9-14(13)16/h6-7,9,12,15H,2-5,8,10,18H2,1H3. The maximum atomic E-state index is 13.2. The first-order valence-corrected chi connectivity index (χ1v) is 7.46. The minimum Gasteiger partial charge on any atom is -0.329 e. The van der Waals surface area contributed by atoms with Gasteiger partial charge in [0.2, 0.25) is 0 Å². The summed E-state index contributed by atoms with van der Waals surface area (Å²) in [5.41, 5.74) is 6.92. The van der Waals surface area contributed by atoms with Crippen molar-refractivity contribution in [2.24, 2.45) is 5.73 Å². The van der Waals surface area contributed by atoms with E-state index in [4.69, 9.17) is 17.3 Å². The summed E-state index contributed by atoms with van der Waals surface area (Å²) in [7, 11) is 0. The van der Waals surface area contributed by atoms with E-state index in [-0.39, 0.29) is 11.9 Å². The highest BCUT2D eigenvalue weighted by atomic mass is 35.5. The van der Waals surface area contributed by atoms with Gasteiger partial charge in [-0.15, -0.1) is 0 Å². The Balaban J connectivity index is 2.27. The normalized spacial score (nSPS) is 22.4. The van der Waals surface area contributed by atoms with Gasteiger partial charge in [-0.05, 0) is 43.5 Å². The van der Waals surface area contributed by atoms with E-state index in [1.807, 2.05) is 0 Å². The zero-order valence-corrected chi connectivity index (χ0v) is 12.2. The quantitative estimate of drug-likeness (QED) is 0.912. The number of hydrogen-bond donors (Lipinski definition) is 1. The van der Waals surface area contributed by atoms with E-state index in [2.05, 4.69) is 11.8 Å². The van der Waals surface area contributed by atoms with Gasteiger partial charge in [0.05, 0.1) is 0 Å². The number of nitrogens with two attached hydrogens (primary N) is 1. The van der Waals surface area contributed by atoms with Crippen LogP contribution in [0.5, 0.6) is 0 Å². The molecule has 0 spiro atoms. The monoisotopic (exact) mass is 284 g/mol. The van der Waals surface area contributed by atoms with Crippen molar-refractivity contribution >= 4 is 11.6 Å². The summed E-state index contributed by atoms with van der Waals surface area (Å²) in [4.78, 5) is 2.45. The lowest BCUT2D eigenvalue weighted by Crippen LogP contribution is -2.44. The fourth-order valence-corrected chi connectivity index (χ4v) is 3.38. The smallest absolute Gasteiger partial charge is 0.124 e. The van der Waals surface area contributed by atoms with E-state index in [1.165, 1.54) is 31.4 Å².